The minimum atomic E-state index is 0.220. The molecule has 0 saturated heterocycles. The average Bonchev–Trinajstić information content (AvgIpc) is 2.04. The SMILES string of the molecule is CNC(Br)c1ccccc1Br. The topological polar surface area (TPSA) is 12.0 Å². The lowest BCUT2D eigenvalue weighted by atomic mass is 10.2. The molecule has 1 unspecified atom stereocenters. The first-order valence-electron chi connectivity index (χ1n) is 3.31. The van der Waals surface area contributed by atoms with Gasteiger partial charge in [0.25, 0.3) is 0 Å². The van der Waals surface area contributed by atoms with Gasteiger partial charge in [-0.05, 0) is 18.7 Å². The molecule has 3 heteroatoms. The Bertz CT molecular complexity index is 237. The molecular weight excluding hydrogens is 270 g/mol. The monoisotopic (exact) mass is 277 g/mol. The summed E-state index contributed by atoms with van der Waals surface area (Å²) in [5.74, 6) is 0. The molecule has 11 heavy (non-hydrogen) atoms. The van der Waals surface area contributed by atoms with Crippen molar-refractivity contribution < 1.29 is 0 Å². The van der Waals surface area contributed by atoms with E-state index in [1.807, 2.05) is 25.2 Å². The van der Waals surface area contributed by atoms with E-state index in [1.54, 1.807) is 0 Å². The summed E-state index contributed by atoms with van der Waals surface area (Å²) in [5.41, 5.74) is 1.22. The highest BCUT2D eigenvalue weighted by Gasteiger charge is 2.06. The highest BCUT2D eigenvalue weighted by atomic mass is 79.9. The second-order valence-electron chi connectivity index (χ2n) is 2.17. The maximum absolute atomic E-state index is 3.49. The zero-order valence-electron chi connectivity index (χ0n) is 6.14. The van der Waals surface area contributed by atoms with E-state index in [9.17, 15) is 0 Å². The molecule has 1 rings (SSSR count). The van der Waals surface area contributed by atoms with Gasteiger partial charge in [0.1, 0.15) is 0 Å². The molecule has 0 aliphatic heterocycles. The predicted molar refractivity (Wildman–Crippen MR) is 54.9 cm³/mol. The maximum atomic E-state index is 3.49. The Labute approximate surface area is 83.4 Å². The molecule has 1 aromatic rings. The van der Waals surface area contributed by atoms with Crippen LogP contribution < -0.4 is 5.32 Å². The molecular formula is C8H9Br2N. The second-order valence-corrected chi connectivity index (χ2v) is 3.94. The maximum Gasteiger partial charge on any atom is 0.0895 e. The Morgan fingerprint density at radius 1 is 1.36 bits per heavy atom. The molecule has 1 nitrogen and oxygen atoms in total. The van der Waals surface area contributed by atoms with Crippen molar-refractivity contribution in [1.29, 1.82) is 0 Å². The smallest absolute Gasteiger partial charge is 0.0895 e. The molecule has 0 spiro atoms. The molecule has 1 N–H and O–H groups in total. The standard InChI is InChI=1S/C8H9Br2N/c1-11-8(10)6-4-2-3-5-7(6)9/h2-5,8,11H,1H3. The Balaban J connectivity index is 2.93. The summed E-state index contributed by atoms with van der Waals surface area (Å²) >= 11 is 6.96. The van der Waals surface area contributed by atoms with Crippen molar-refractivity contribution in [1.82, 2.24) is 5.32 Å². The average molecular weight is 279 g/mol. The zero-order valence-corrected chi connectivity index (χ0v) is 9.31. The van der Waals surface area contributed by atoms with Crippen LogP contribution in [-0.2, 0) is 0 Å². The summed E-state index contributed by atoms with van der Waals surface area (Å²) in [4.78, 5) is 0.220. The molecule has 0 heterocycles. The quantitative estimate of drug-likeness (QED) is 0.648. The number of alkyl halides is 1. The zero-order chi connectivity index (χ0) is 8.27. The first-order valence-corrected chi connectivity index (χ1v) is 5.02. The van der Waals surface area contributed by atoms with Crippen molar-refractivity contribution in [2.24, 2.45) is 0 Å². The van der Waals surface area contributed by atoms with E-state index in [-0.39, 0.29) is 4.95 Å². The first kappa shape index (κ1) is 9.23. The third-order valence-corrected chi connectivity index (χ3v) is 3.10. The fraction of sp³-hybridized carbons (Fsp3) is 0.250. The van der Waals surface area contributed by atoms with E-state index in [0.29, 0.717) is 0 Å². The molecule has 0 aliphatic carbocycles. The predicted octanol–water partition coefficient (Wildman–Crippen LogP) is 3.06. The van der Waals surface area contributed by atoms with Crippen molar-refractivity contribution in [2.75, 3.05) is 7.05 Å². The van der Waals surface area contributed by atoms with Crippen LogP contribution in [0.25, 0.3) is 0 Å². The van der Waals surface area contributed by atoms with Crippen molar-refractivity contribution in [3.05, 3.63) is 34.3 Å². The van der Waals surface area contributed by atoms with Crippen LogP contribution in [0.1, 0.15) is 10.5 Å². The Kier molecular flexibility index (Phi) is 3.55. The molecule has 0 bridgehead atoms. The number of nitrogens with one attached hydrogen (secondary N) is 1. The van der Waals surface area contributed by atoms with Crippen molar-refractivity contribution >= 4 is 31.9 Å². The van der Waals surface area contributed by atoms with Gasteiger partial charge >= 0.3 is 0 Å². The fourth-order valence-electron chi connectivity index (χ4n) is 0.836. The first-order chi connectivity index (χ1) is 5.25. The number of halogens is 2. The molecule has 60 valence electrons. The van der Waals surface area contributed by atoms with Gasteiger partial charge in [0.15, 0.2) is 0 Å². The van der Waals surface area contributed by atoms with Gasteiger partial charge in [0.05, 0.1) is 4.95 Å². The molecule has 1 aromatic carbocycles. The minimum absolute atomic E-state index is 0.220. The highest BCUT2D eigenvalue weighted by molar-refractivity contribution is 9.11. The molecule has 0 amide bonds. The summed E-state index contributed by atoms with van der Waals surface area (Å²) in [7, 11) is 1.92. The Hall–Kier alpha value is 0.140. The van der Waals surface area contributed by atoms with E-state index in [4.69, 9.17) is 0 Å². The highest BCUT2D eigenvalue weighted by Crippen LogP contribution is 2.26. The van der Waals surface area contributed by atoms with Crippen LogP contribution in [0.2, 0.25) is 0 Å². The molecule has 0 radical (unpaired) electrons. The summed E-state index contributed by atoms with van der Waals surface area (Å²) in [6, 6.07) is 8.12. The summed E-state index contributed by atoms with van der Waals surface area (Å²) in [6.07, 6.45) is 0. The number of rotatable bonds is 2. The van der Waals surface area contributed by atoms with Crippen molar-refractivity contribution in [3.63, 3.8) is 0 Å². The van der Waals surface area contributed by atoms with Gasteiger partial charge in [-0.25, -0.2) is 0 Å². The van der Waals surface area contributed by atoms with Crippen molar-refractivity contribution in [2.45, 2.75) is 4.95 Å². The number of benzene rings is 1. The molecule has 0 aromatic heterocycles. The Morgan fingerprint density at radius 2 is 2.00 bits per heavy atom. The number of hydrogen-bond acceptors (Lipinski definition) is 1. The summed E-state index contributed by atoms with van der Waals surface area (Å²) < 4.78 is 1.12. The third-order valence-electron chi connectivity index (χ3n) is 1.43. The lowest BCUT2D eigenvalue weighted by molar-refractivity contribution is 0.805. The van der Waals surface area contributed by atoms with Gasteiger partial charge in [0.2, 0.25) is 0 Å². The largest absolute Gasteiger partial charge is 0.304 e. The third kappa shape index (κ3) is 2.29. The second kappa shape index (κ2) is 4.24. The molecule has 0 aliphatic rings. The van der Waals surface area contributed by atoms with Gasteiger partial charge in [0, 0.05) is 4.47 Å². The van der Waals surface area contributed by atoms with E-state index >= 15 is 0 Å². The number of hydrogen-bond donors (Lipinski definition) is 1. The van der Waals surface area contributed by atoms with Crippen LogP contribution in [0.3, 0.4) is 0 Å². The van der Waals surface area contributed by atoms with E-state index in [2.05, 4.69) is 43.2 Å². The van der Waals surface area contributed by atoms with Crippen LogP contribution >= 0.6 is 31.9 Å². The normalized spacial score (nSPS) is 13.0. The van der Waals surface area contributed by atoms with E-state index in [0.717, 1.165) is 4.47 Å². The van der Waals surface area contributed by atoms with Gasteiger partial charge in [-0.1, -0.05) is 50.1 Å². The molecule has 0 fully saturated rings. The summed E-state index contributed by atoms with van der Waals surface area (Å²) in [5, 5.41) is 3.11. The van der Waals surface area contributed by atoms with Crippen LogP contribution in [0.4, 0.5) is 0 Å². The van der Waals surface area contributed by atoms with E-state index < -0.39 is 0 Å². The Morgan fingerprint density at radius 3 is 2.55 bits per heavy atom. The summed E-state index contributed by atoms with van der Waals surface area (Å²) in [6.45, 7) is 0. The molecule has 1 atom stereocenters. The fourth-order valence-corrected chi connectivity index (χ4v) is 2.06. The van der Waals surface area contributed by atoms with Gasteiger partial charge in [-0.2, -0.15) is 0 Å². The van der Waals surface area contributed by atoms with Gasteiger partial charge in [-0.3, -0.25) is 0 Å². The van der Waals surface area contributed by atoms with Crippen LogP contribution in [0.15, 0.2) is 28.7 Å². The van der Waals surface area contributed by atoms with Crippen LogP contribution in [-0.4, -0.2) is 7.05 Å². The van der Waals surface area contributed by atoms with Crippen molar-refractivity contribution in [3.8, 4) is 0 Å². The lowest BCUT2D eigenvalue weighted by Gasteiger charge is -2.09. The van der Waals surface area contributed by atoms with Crippen LogP contribution in [0, 0.1) is 0 Å². The minimum Gasteiger partial charge on any atom is -0.304 e. The molecule has 0 saturated carbocycles. The van der Waals surface area contributed by atoms with Crippen LogP contribution in [0.5, 0.6) is 0 Å². The van der Waals surface area contributed by atoms with Gasteiger partial charge in [-0.15, -0.1) is 0 Å². The van der Waals surface area contributed by atoms with E-state index in [1.165, 1.54) is 5.56 Å². The van der Waals surface area contributed by atoms with Gasteiger partial charge < -0.3 is 5.32 Å². The lowest BCUT2D eigenvalue weighted by Crippen LogP contribution is -2.09.